The summed E-state index contributed by atoms with van der Waals surface area (Å²) in [6.45, 7) is 7.40. The molecule has 1 amide bonds. The minimum atomic E-state index is -0.224. The van der Waals surface area contributed by atoms with Gasteiger partial charge in [-0.05, 0) is 45.0 Å². The van der Waals surface area contributed by atoms with E-state index in [1.165, 1.54) is 0 Å². The van der Waals surface area contributed by atoms with Crippen molar-refractivity contribution in [2.75, 3.05) is 16.8 Å². The third kappa shape index (κ3) is 4.50. The van der Waals surface area contributed by atoms with E-state index in [4.69, 9.17) is 0 Å². The van der Waals surface area contributed by atoms with Crippen LogP contribution in [0.2, 0.25) is 0 Å². The third-order valence-corrected chi connectivity index (χ3v) is 4.37. The molecule has 0 saturated carbocycles. The van der Waals surface area contributed by atoms with Crippen molar-refractivity contribution in [1.82, 2.24) is 9.97 Å². The van der Waals surface area contributed by atoms with E-state index in [2.05, 4.69) is 41.0 Å². The second-order valence-corrected chi connectivity index (χ2v) is 6.54. The first-order valence-electron chi connectivity index (χ1n) is 9.14. The van der Waals surface area contributed by atoms with Gasteiger partial charge in [-0.2, -0.15) is 0 Å². The predicted molar refractivity (Wildman–Crippen MR) is 110 cm³/mol. The van der Waals surface area contributed by atoms with Gasteiger partial charge in [-0.15, -0.1) is 0 Å². The molecule has 5 nitrogen and oxygen atoms in total. The summed E-state index contributed by atoms with van der Waals surface area (Å²) in [5, 5.41) is 2.89. The quantitative estimate of drug-likeness (QED) is 0.696. The molecule has 1 aromatic heterocycles. The lowest BCUT2D eigenvalue weighted by molar-refractivity contribution is 0.102. The zero-order chi connectivity index (χ0) is 19.2. The molecule has 0 bridgehead atoms. The highest BCUT2D eigenvalue weighted by atomic mass is 16.1. The minimum Gasteiger partial charge on any atom is -0.369 e. The summed E-state index contributed by atoms with van der Waals surface area (Å²) in [6, 6.07) is 18.0. The lowest BCUT2D eigenvalue weighted by atomic mass is 10.2. The summed E-state index contributed by atoms with van der Waals surface area (Å²) in [4.78, 5) is 23.3. The molecule has 2 aromatic carbocycles. The molecule has 27 heavy (non-hydrogen) atoms. The maximum Gasteiger partial charge on any atom is 0.258 e. The Balaban J connectivity index is 1.68. The summed E-state index contributed by atoms with van der Waals surface area (Å²) < 4.78 is 0. The van der Waals surface area contributed by atoms with Gasteiger partial charge in [0.15, 0.2) is 5.82 Å². The van der Waals surface area contributed by atoms with Crippen LogP contribution < -0.4 is 10.2 Å². The number of hydrogen-bond donors (Lipinski definition) is 1. The smallest absolute Gasteiger partial charge is 0.258 e. The van der Waals surface area contributed by atoms with Crippen LogP contribution in [0.3, 0.4) is 0 Å². The number of hydrogen-bond acceptors (Lipinski definition) is 4. The van der Waals surface area contributed by atoms with Crippen molar-refractivity contribution >= 4 is 17.3 Å². The van der Waals surface area contributed by atoms with E-state index in [0.29, 0.717) is 17.4 Å². The fraction of sp³-hybridized carbons (Fsp3) is 0.227. The first-order chi connectivity index (χ1) is 13.1. The number of carbonyl (C=O) groups excluding carboxylic acids is 1. The Labute approximate surface area is 160 Å². The van der Waals surface area contributed by atoms with E-state index in [0.717, 1.165) is 23.5 Å². The Morgan fingerprint density at radius 2 is 1.63 bits per heavy atom. The van der Waals surface area contributed by atoms with Gasteiger partial charge in [-0.25, -0.2) is 9.97 Å². The van der Waals surface area contributed by atoms with Crippen LogP contribution in [0.25, 0.3) is 11.4 Å². The molecule has 0 saturated heterocycles. The Kier molecular flexibility index (Phi) is 5.81. The zero-order valence-electron chi connectivity index (χ0n) is 15.9. The van der Waals surface area contributed by atoms with E-state index in [9.17, 15) is 4.79 Å². The van der Waals surface area contributed by atoms with Crippen LogP contribution in [-0.2, 0) is 0 Å². The number of aromatic nitrogens is 2. The van der Waals surface area contributed by atoms with Crippen molar-refractivity contribution < 1.29 is 4.79 Å². The molecule has 0 aliphatic rings. The summed E-state index contributed by atoms with van der Waals surface area (Å²) in [5.74, 6) is 0.378. The first kappa shape index (κ1) is 18.6. The molecule has 138 valence electrons. The number of benzene rings is 2. The topological polar surface area (TPSA) is 58.1 Å². The summed E-state index contributed by atoms with van der Waals surface area (Å²) in [6.07, 6.45) is 3.10. The van der Waals surface area contributed by atoms with Crippen LogP contribution in [0.15, 0.2) is 67.0 Å². The highest BCUT2D eigenvalue weighted by Crippen LogP contribution is 2.20. The number of nitrogens with one attached hydrogen (secondary N) is 1. The van der Waals surface area contributed by atoms with Crippen molar-refractivity contribution in [2.45, 2.75) is 26.8 Å². The van der Waals surface area contributed by atoms with Crippen LogP contribution >= 0.6 is 0 Å². The number of anilines is 2. The van der Waals surface area contributed by atoms with Gasteiger partial charge in [0.1, 0.15) is 0 Å². The molecular weight excluding hydrogens is 336 g/mol. The Morgan fingerprint density at radius 3 is 2.19 bits per heavy atom. The molecule has 1 N–H and O–H groups in total. The molecule has 3 aromatic rings. The van der Waals surface area contributed by atoms with Gasteiger partial charge in [-0.3, -0.25) is 4.79 Å². The zero-order valence-corrected chi connectivity index (χ0v) is 15.9. The van der Waals surface area contributed by atoms with Crippen molar-refractivity contribution in [1.29, 1.82) is 0 Å². The standard InChI is InChI=1S/C22H24N4O/c1-4-26(16(2)3)20-12-10-19(11-13-20)25-22(27)18-14-23-21(24-15-18)17-8-6-5-7-9-17/h5-16H,4H2,1-3H3,(H,25,27). The molecule has 1 heterocycles. The maximum atomic E-state index is 12.4. The fourth-order valence-corrected chi connectivity index (χ4v) is 2.97. The molecule has 5 heteroatoms. The molecule has 0 atom stereocenters. The van der Waals surface area contributed by atoms with E-state index < -0.39 is 0 Å². The fourth-order valence-electron chi connectivity index (χ4n) is 2.97. The average molecular weight is 360 g/mol. The van der Waals surface area contributed by atoms with Crippen LogP contribution in [0, 0.1) is 0 Å². The highest BCUT2D eigenvalue weighted by molar-refractivity contribution is 6.04. The van der Waals surface area contributed by atoms with Gasteiger partial charge < -0.3 is 10.2 Å². The van der Waals surface area contributed by atoms with Gasteiger partial charge in [-0.1, -0.05) is 30.3 Å². The van der Waals surface area contributed by atoms with Gasteiger partial charge in [0.2, 0.25) is 0 Å². The van der Waals surface area contributed by atoms with E-state index in [-0.39, 0.29) is 5.91 Å². The molecule has 0 unspecified atom stereocenters. The van der Waals surface area contributed by atoms with Crippen LogP contribution in [-0.4, -0.2) is 28.5 Å². The Bertz CT molecular complexity index is 874. The van der Waals surface area contributed by atoms with Crippen LogP contribution in [0.4, 0.5) is 11.4 Å². The maximum absolute atomic E-state index is 12.4. The van der Waals surface area contributed by atoms with Crippen LogP contribution in [0.5, 0.6) is 0 Å². The Morgan fingerprint density at radius 1 is 1.00 bits per heavy atom. The average Bonchev–Trinajstić information content (AvgIpc) is 2.70. The molecule has 3 rings (SSSR count). The molecule has 0 aliphatic heterocycles. The number of rotatable bonds is 6. The second-order valence-electron chi connectivity index (χ2n) is 6.54. The highest BCUT2D eigenvalue weighted by Gasteiger charge is 2.11. The van der Waals surface area contributed by atoms with E-state index in [1.807, 2.05) is 54.6 Å². The van der Waals surface area contributed by atoms with Crippen LogP contribution in [0.1, 0.15) is 31.1 Å². The monoisotopic (exact) mass is 360 g/mol. The van der Waals surface area contributed by atoms with Gasteiger partial charge in [0, 0.05) is 41.9 Å². The van der Waals surface area contributed by atoms with E-state index in [1.54, 1.807) is 12.4 Å². The molecule has 0 radical (unpaired) electrons. The largest absolute Gasteiger partial charge is 0.369 e. The summed E-state index contributed by atoms with van der Waals surface area (Å²) >= 11 is 0. The Hall–Kier alpha value is -3.21. The lowest BCUT2D eigenvalue weighted by Gasteiger charge is -2.27. The molecule has 0 spiro atoms. The first-order valence-corrected chi connectivity index (χ1v) is 9.14. The normalized spacial score (nSPS) is 10.7. The predicted octanol–water partition coefficient (Wildman–Crippen LogP) is 4.63. The number of amides is 1. The number of nitrogens with zero attached hydrogens (tertiary/aromatic N) is 3. The molecule has 0 fully saturated rings. The summed E-state index contributed by atoms with van der Waals surface area (Å²) in [5.41, 5.74) is 3.23. The number of carbonyl (C=O) groups is 1. The van der Waals surface area contributed by atoms with Crippen molar-refractivity contribution in [3.8, 4) is 11.4 Å². The SMILES string of the molecule is CCN(c1ccc(NC(=O)c2cnc(-c3ccccc3)nc2)cc1)C(C)C. The summed E-state index contributed by atoms with van der Waals surface area (Å²) in [7, 11) is 0. The molecular formula is C22H24N4O. The van der Waals surface area contributed by atoms with Crippen molar-refractivity contribution in [3.05, 3.63) is 72.6 Å². The van der Waals surface area contributed by atoms with Gasteiger partial charge >= 0.3 is 0 Å². The van der Waals surface area contributed by atoms with E-state index >= 15 is 0 Å². The second kappa shape index (κ2) is 8.45. The van der Waals surface area contributed by atoms with Crippen molar-refractivity contribution in [3.63, 3.8) is 0 Å². The molecule has 0 aliphatic carbocycles. The van der Waals surface area contributed by atoms with Gasteiger partial charge in [0.25, 0.3) is 5.91 Å². The third-order valence-electron chi connectivity index (χ3n) is 4.37. The van der Waals surface area contributed by atoms with Crippen molar-refractivity contribution in [2.24, 2.45) is 0 Å². The van der Waals surface area contributed by atoms with Gasteiger partial charge in [0.05, 0.1) is 5.56 Å². The minimum absolute atomic E-state index is 0.224. The lowest BCUT2D eigenvalue weighted by Crippen LogP contribution is -2.30.